The summed E-state index contributed by atoms with van der Waals surface area (Å²) in [6, 6.07) is 30.1. The minimum absolute atomic E-state index is 0.240. The molecule has 0 amide bonds. The van der Waals surface area contributed by atoms with E-state index in [2.05, 4.69) is 118 Å². The molecule has 0 N–H and O–H groups in total. The van der Waals surface area contributed by atoms with Crippen LogP contribution in [0.15, 0.2) is 84.9 Å². The van der Waals surface area contributed by atoms with Crippen molar-refractivity contribution in [3.63, 3.8) is 0 Å². The van der Waals surface area contributed by atoms with E-state index >= 15 is 0 Å². The van der Waals surface area contributed by atoms with Crippen LogP contribution in [0.2, 0.25) is 0 Å². The highest BCUT2D eigenvalue weighted by Gasteiger charge is 2.40. The van der Waals surface area contributed by atoms with Crippen LogP contribution in [0.1, 0.15) is 99.1 Å². The lowest BCUT2D eigenvalue weighted by Crippen LogP contribution is -2.39. The normalized spacial score (nSPS) is 15.4. The van der Waals surface area contributed by atoms with E-state index in [0.717, 1.165) is 33.6 Å². The minimum atomic E-state index is -0.859. The molecule has 4 aromatic carbocycles. The summed E-state index contributed by atoms with van der Waals surface area (Å²) in [6.45, 7) is 19.3. The number of para-hydroxylation sites is 1. The van der Waals surface area contributed by atoms with Crippen molar-refractivity contribution in [3.05, 3.63) is 107 Å². The molecule has 38 heavy (non-hydrogen) atoms. The standard InChI is InChI=1S/C37H43N/c1-24(2)27-19-15-20-28(26-16-11-10-12-17-26)35(27)38(36(5,6)7)32-23-22-30-29-18-13-14-21-31(29)37(8,9)34(30)33(32)25(3)4/h10-25H,1-9H3/i24D,25D. The van der Waals surface area contributed by atoms with Crippen molar-refractivity contribution < 1.29 is 2.74 Å². The van der Waals surface area contributed by atoms with Gasteiger partial charge in [0.2, 0.25) is 0 Å². The first-order chi connectivity index (χ1) is 18.5. The second kappa shape index (κ2) is 9.45. The molecular weight excluding hydrogens is 458 g/mol. The second-order valence-electron chi connectivity index (χ2n) is 12.6. The SMILES string of the molecule is [2H]C(C)(C)c1cccc(-c2ccccc2)c1N(c1ccc2c(c1C([2H])(C)C)C(C)(C)c1ccccc1-2)C(C)(C)C. The lowest BCUT2D eigenvalue weighted by molar-refractivity contribution is 0.553. The average molecular weight is 504 g/mol. The maximum atomic E-state index is 9.56. The van der Waals surface area contributed by atoms with E-state index < -0.39 is 11.8 Å². The first-order valence-corrected chi connectivity index (χ1v) is 13.8. The van der Waals surface area contributed by atoms with Gasteiger partial charge in [0.15, 0.2) is 0 Å². The van der Waals surface area contributed by atoms with Gasteiger partial charge in [0.25, 0.3) is 0 Å². The fraction of sp³-hybridized carbons (Fsp3) is 0.351. The summed E-state index contributed by atoms with van der Waals surface area (Å²) in [7, 11) is 0. The second-order valence-corrected chi connectivity index (χ2v) is 12.6. The molecule has 0 saturated heterocycles. The van der Waals surface area contributed by atoms with Gasteiger partial charge in [-0.3, -0.25) is 0 Å². The monoisotopic (exact) mass is 503 g/mol. The van der Waals surface area contributed by atoms with Gasteiger partial charge >= 0.3 is 0 Å². The molecule has 0 saturated carbocycles. The molecule has 1 aliphatic rings. The molecule has 0 aliphatic heterocycles. The number of hydrogen-bond donors (Lipinski definition) is 0. The Bertz CT molecular complexity index is 1560. The third kappa shape index (κ3) is 4.17. The van der Waals surface area contributed by atoms with Crippen molar-refractivity contribution in [2.24, 2.45) is 0 Å². The fourth-order valence-electron chi connectivity index (χ4n) is 6.41. The van der Waals surface area contributed by atoms with E-state index in [0.29, 0.717) is 0 Å². The highest BCUT2D eigenvalue weighted by molar-refractivity contribution is 5.90. The summed E-state index contributed by atoms with van der Waals surface area (Å²) >= 11 is 0. The highest BCUT2D eigenvalue weighted by Crippen LogP contribution is 2.55. The average Bonchev–Trinajstić information content (AvgIpc) is 3.09. The molecule has 1 aliphatic carbocycles. The number of rotatable bonds is 5. The molecule has 0 heterocycles. The van der Waals surface area contributed by atoms with Crippen LogP contribution in [-0.4, -0.2) is 5.54 Å². The van der Waals surface area contributed by atoms with Gasteiger partial charge in [-0.2, -0.15) is 0 Å². The van der Waals surface area contributed by atoms with Crippen LogP contribution in [-0.2, 0) is 5.41 Å². The number of nitrogens with zero attached hydrogens (tertiary/aromatic N) is 1. The van der Waals surface area contributed by atoms with Gasteiger partial charge in [0.05, 0.1) is 5.69 Å². The Labute approximate surface area is 233 Å². The molecule has 0 bridgehead atoms. The maximum absolute atomic E-state index is 9.56. The number of hydrogen-bond acceptors (Lipinski definition) is 1. The lowest BCUT2D eigenvalue weighted by atomic mass is 9.77. The molecule has 5 rings (SSSR count). The molecule has 0 radical (unpaired) electrons. The van der Waals surface area contributed by atoms with E-state index in [1.165, 1.54) is 22.3 Å². The van der Waals surface area contributed by atoms with Crippen molar-refractivity contribution in [3.8, 4) is 22.3 Å². The Kier molecular flexibility index (Phi) is 5.91. The van der Waals surface area contributed by atoms with Crippen LogP contribution in [0, 0.1) is 0 Å². The largest absolute Gasteiger partial charge is 0.335 e. The third-order valence-electron chi connectivity index (χ3n) is 7.99. The predicted molar refractivity (Wildman–Crippen MR) is 166 cm³/mol. The minimum Gasteiger partial charge on any atom is -0.335 e. The third-order valence-corrected chi connectivity index (χ3v) is 7.99. The van der Waals surface area contributed by atoms with Crippen molar-refractivity contribution in [2.75, 3.05) is 4.90 Å². The Morgan fingerprint density at radius 1 is 0.684 bits per heavy atom. The molecule has 0 aromatic heterocycles. The fourth-order valence-corrected chi connectivity index (χ4v) is 6.41. The number of fused-ring (bicyclic) bond motifs is 3. The van der Waals surface area contributed by atoms with Crippen LogP contribution in [0.25, 0.3) is 22.3 Å². The maximum Gasteiger partial charge on any atom is 0.0530 e. The van der Waals surface area contributed by atoms with Crippen molar-refractivity contribution >= 4 is 11.4 Å². The van der Waals surface area contributed by atoms with E-state index in [9.17, 15) is 2.74 Å². The van der Waals surface area contributed by atoms with Gasteiger partial charge in [0, 0.05) is 24.9 Å². The van der Waals surface area contributed by atoms with E-state index in [1.54, 1.807) is 0 Å². The zero-order chi connectivity index (χ0) is 29.3. The smallest absolute Gasteiger partial charge is 0.0530 e. The molecule has 0 spiro atoms. The van der Waals surface area contributed by atoms with Crippen LogP contribution < -0.4 is 4.90 Å². The van der Waals surface area contributed by atoms with E-state index in [-0.39, 0.29) is 11.0 Å². The first kappa shape index (κ1) is 23.8. The molecular formula is C37H43N. The molecule has 4 aromatic rings. The molecule has 196 valence electrons. The van der Waals surface area contributed by atoms with Gasteiger partial charge in [-0.15, -0.1) is 0 Å². The summed E-state index contributed by atoms with van der Waals surface area (Å²) < 4.78 is 18.8. The van der Waals surface area contributed by atoms with Crippen LogP contribution in [0.5, 0.6) is 0 Å². The summed E-state index contributed by atoms with van der Waals surface area (Å²) in [4.78, 5) is 2.42. The Morgan fingerprint density at radius 2 is 1.32 bits per heavy atom. The topological polar surface area (TPSA) is 3.24 Å². The van der Waals surface area contributed by atoms with Crippen molar-refractivity contribution in [2.45, 2.75) is 85.1 Å². The highest BCUT2D eigenvalue weighted by atomic mass is 15.2. The van der Waals surface area contributed by atoms with Gasteiger partial charge in [-0.05, 0) is 77.6 Å². The lowest BCUT2D eigenvalue weighted by Gasteiger charge is -2.43. The Balaban J connectivity index is 1.92. The molecule has 0 atom stereocenters. The number of benzene rings is 4. The van der Waals surface area contributed by atoms with Gasteiger partial charge in [0.1, 0.15) is 0 Å². The van der Waals surface area contributed by atoms with Gasteiger partial charge in [-0.25, -0.2) is 0 Å². The Hall–Kier alpha value is -3.32. The van der Waals surface area contributed by atoms with Gasteiger partial charge < -0.3 is 4.90 Å². The van der Waals surface area contributed by atoms with E-state index in [1.807, 2.05) is 33.8 Å². The summed E-state index contributed by atoms with van der Waals surface area (Å²) in [5.41, 5.74) is 10.8. The van der Waals surface area contributed by atoms with Gasteiger partial charge in [-0.1, -0.05) is 120 Å². The quantitative estimate of drug-likeness (QED) is 0.262. The molecule has 0 fully saturated rings. The van der Waals surface area contributed by atoms with Crippen molar-refractivity contribution in [1.29, 1.82) is 0 Å². The molecule has 0 unspecified atom stereocenters. The Morgan fingerprint density at radius 3 is 1.95 bits per heavy atom. The summed E-state index contributed by atoms with van der Waals surface area (Å²) in [5, 5.41) is 0. The predicted octanol–water partition coefficient (Wildman–Crippen LogP) is 10.8. The van der Waals surface area contributed by atoms with E-state index in [4.69, 9.17) is 0 Å². The zero-order valence-corrected chi connectivity index (χ0v) is 24.5. The van der Waals surface area contributed by atoms with Crippen LogP contribution in [0.3, 0.4) is 0 Å². The summed E-state index contributed by atoms with van der Waals surface area (Å²) in [6.07, 6.45) is 0. The van der Waals surface area contributed by atoms with Crippen LogP contribution >= 0.6 is 0 Å². The van der Waals surface area contributed by atoms with Crippen molar-refractivity contribution in [1.82, 2.24) is 0 Å². The van der Waals surface area contributed by atoms with Crippen LogP contribution in [0.4, 0.5) is 11.4 Å². The summed E-state index contributed by atoms with van der Waals surface area (Å²) in [5.74, 6) is -1.69. The zero-order valence-electron chi connectivity index (χ0n) is 26.5. The molecule has 1 heteroatoms. The number of anilines is 2. The molecule has 1 nitrogen and oxygen atoms in total. The first-order valence-electron chi connectivity index (χ1n) is 14.8.